The van der Waals surface area contributed by atoms with Crippen molar-refractivity contribution in [3.05, 3.63) is 0 Å². The number of hydrogen-bond donors (Lipinski definition) is 2. The van der Waals surface area contributed by atoms with Gasteiger partial charge in [-0.3, -0.25) is 4.79 Å². The predicted molar refractivity (Wildman–Crippen MR) is 57.5 cm³/mol. The van der Waals surface area contributed by atoms with E-state index in [1.54, 1.807) is 11.8 Å². The first kappa shape index (κ1) is 13.3. The lowest BCUT2D eigenvalue weighted by Crippen LogP contribution is -2.41. The van der Waals surface area contributed by atoms with E-state index < -0.39 is 12.0 Å². The maximum atomic E-state index is 10.7. The number of hydrogen-bond acceptors (Lipinski definition) is 3. The van der Waals surface area contributed by atoms with Gasteiger partial charge in [-0.1, -0.05) is 13.3 Å². The fraction of sp³-hybridized carbons (Fsp3) is 0.778. The molecule has 1 atom stereocenters. The predicted octanol–water partition coefficient (Wildman–Crippen LogP) is 1.11. The molecule has 0 spiro atoms. The van der Waals surface area contributed by atoms with Crippen molar-refractivity contribution in [3.8, 4) is 0 Å². The molecule has 5 heteroatoms. The number of carbonyl (C=O) groups excluding carboxylic acids is 1. The minimum absolute atomic E-state index is 0.298. The maximum Gasteiger partial charge on any atom is 0.327 e. The highest BCUT2D eigenvalue weighted by Crippen LogP contribution is 2.06. The van der Waals surface area contributed by atoms with Gasteiger partial charge in [-0.05, 0) is 12.2 Å². The number of amides is 1. The van der Waals surface area contributed by atoms with Crippen molar-refractivity contribution >= 4 is 23.6 Å². The molecule has 0 aliphatic heterocycles. The Labute approximate surface area is 88.4 Å². The molecule has 1 unspecified atom stereocenters. The Balaban J connectivity index is 3.74. The summed E-state index contributed by atoms with van der Waals surface area (Å²) in [4.78, 5) is 21.3. The van der Waals surface area contributed by atoms with Crippen LogP contribution in [0.25, 0.3) is 0 Å². The van der Waals surface area contributed by atoms with Crippen LogP contribution in [0.1, 0.15) is 26.7 Å². The number of nitrogens with one attached hydrogen (secondary N) is 1. The highest BCUT2D eigenvalue weighted by Gasteiger charge is 2.17. The highest BCUT2D eigenvalue weighted by atomic mass is 32.2. The molecule has 1 amide bonds. The first-order valence-corrected chi connectivity index (χ1v) is 5.81. The summed E-state index contributed by atoms with van der Waals surface area (Å²) in [6, 6.07) is -0.755. The van der Waals surface area contributed by atoms with E-state index in [4.69, 9.17) is 5.11 Å². The fourth-order valence-corrected chi connectivity index (χ4v) is 1.99. The smallest absolute Gasteiger partial charge is 0.327 e. The minimum Gasteiger partial charge on any atom is -0.480 e. The number of thioether (sulfide) groups is 1. The molecule has 0 aromatic carbocycles. The van der Waals surface area contributed by atoms with Crippen LogP contribution >= 0.6 is 11.8 Å². The van der Waals surface area contributed by atoms with E-state index in [2.05, 4.69) is 12.2 Å². The largest absolute Gasteiger partial charge is 0.480 e. The second-order valence-corrected chi connectivity index (χ2v) is 4.17. The lowest BCUT2D eigenvalue weighted by atomic mass is 10.3. The first-order valence-electron chi connectivity index (χ1n) is 4.65. The summed E-state index contributed by atoms with van der Waals surface area (Å²) >= 11 is 1.56. The van der Waals surface area contributed by atoms with Crippen LogP contribution in [-0.4, -0.2) is 34.5 Å². The molecule has 0 aromatic rings. The van der Waals surface area contributed by atoms with Gasteiger partial charge in [-0.15, -0.1) is 0 Å². The first-order chi connectivity index (χ1) is 6.57. The SMILES string of the molecule is CCCCSCC(NC(C)=O)C(=O)O. The van der Waals surface area contributed by atoms with Crippen molar-refractivity contribution in [2.45, 2.75) is 32.7 Å². The molecule has 0 rings (SSSR count). The molecular formula is C9H17NO3S. The van der Waals surface area contributed by atoms with Crippen LogP contribution in [0.15, 0.2) is 0 Å². The molecule has 0 aromatic heterocycles. The second-order valence-electron chi connectivity index (χ2n) is 3.02. The number of carboxylic acid groups (broad SMARTS) is 1. The molecule has 82 valence electrons. The van der Waals surface area contributed by atoms with Gasteiger partial charge in [0.25, 0.3) is 0 Å². The van der Waals surface area contributed by atoms with Crippen molar-refractivity contribution in [1.29, 1.82) is 0 Å². The Morgan fingerprint density at radius 3 is 2.57 bits per heavy atom. The summed E-state index contributed by atoms with van der Waals surface area (Å²) in [5, 5.41) is 11.1. The lowest BCUT2D eigenvalue weighted by molar-refractivity contribution is -0.140. The average molecular weight is 219 g/mol. The van der Waals surface area contributed by atoms with Gasteiger partial charge in [0.05, 0.1) is 0 Å². The summed E-state index contributed by atoms with van der Waals surface area (Å²) in [6.45, 7) is 3.41. The van der Waals surface area contributed by atoms with Crippen LogP contribution in [0.5, 0.6) is 0 Å². The molecule has 0 saturated carbocycles. The van der Waals surface area contributed by atoms with Gasteiger partial charge >= 0.3 is 5.97 Å². The van der Waals surface area contributed by atoms with E-state index >= 15 is 0 Å². The van der Waals surface area contributed by atoms with Gasteiger partial charge < -0.3 is 10.4 Å². The quantitative estimate of drug-likeness (QED) is 0.629. The third-order valence-corrected chi connectivity index (χ3v) is 2.75. The highest BCUT2D eigenvalue weighted by molar-refractivity contribution is 7.99. The number of unbranched alkanes of at least 4 members (excludes halogenated alkanes) is 1. The van der Waals surface area contributed by atoms with Gasteiger partial charge in [0.15, 0.2) is 0 Å². The molecular weight excluding hydrogens is 202 g/mol. The zero-order chi connectivity index (χ0) is 11.0. The van der Waals surface area contributed by atoms with Crippen molar-refractivity contribution in [3.63, 3.8) is 0 Å². The molecule has 4 nitrogen and oxygen atoms in total. The Kier molecular flexibility index (Phi) is 7.28. The van der Waals surface area contributed by atoms with Crippen LogP contribution in [0.3, 0.4) is 0 Å². The Morgan fingerprint density at radius 2 is 2.14 bits per heavy atom. The monoisotopic (exact) mass is 219 g/mol. The molecule has 0 aliphatic rings. The number of carboxylic acids is 1. The summed E-state index contributed by atoms with van der Waals surface area (Å²) in [6.07, 6.45) is 2.18. The van der Waals surface area contributed by atoms with E-state index in [-0.39, 0.29) is 5.91 Å². The summed E-state index contributed by atoms with van der Waals surface area (Å²) in [7, 11) is 0. The summed E-state index contributed by atoms with van der Waals surface area (Å²) < 4.78 is 0. The maximum absolute atomic E-state index is 10.7. The van der Waals surface area contributed by atoms with Crippen molar-refractivity contribution in [2.75, 3.05) is 11.5 Å². The standard InChI is InChI=1S/C9H17NO3S/c1-3-4-5-14-6-8(9(12)13)10-7(2)11/h8H,3-6H2,1-2H3,(H,10,11)(H,12,13). The zero-order valence-corrected chi connectivity index (χ0v) is 9.39. The summed E-state index contributed by atoms with van der Waals surface area (Å²) in [5.74, 6) is 0.118. The molecule has 0 heterocycles. The molecule has 2 N–H and O–H groups in total. The second kappa shape index (κ2) is 7.67. The van der Waals surface area contributed by atoms with Crippen LogP contribution < -0.4 is 5.32 Å². The van der Waals surface area contributed by atoms with E-state index in [1.165, 1.54) is 6.92 Å². The van der Waals surface area contributed by atoms with E-state index in [9.17, 15) is 9.59 Å². The van der Waals surface area contributed by atoms with Gasteiger partial charge in [-0.25, -0.2) is 4.79 Å². The van der Waals surface area contributed by atoms with Crippen molar-refractivity contribution < 1.29 is 14.7 Å². The van der Waals surface area contributed by atoms with Crippen LogP contribution in [0.4, 0.5) is 0 Å². The fourth-order valence-electron chi connectivity index (χ4n) is 0.868. The van der Waals surface area contributed by atoms with E-state index in [1.807, 2.05) is 0 Å². The number of aliphatic carboxylic acids is 1. The van der Waals surface area contributed by atoms with E-state index in [0.717, 1.165) is 18.6 Å². The van der Waals surface area contributed by atoms with Gasteiger partial charge in [-0.2, -0.15) is 11.8 Å². The normalized spacial score (nSPS) is 12.1. The Hall–Kier alpha value is -0.710. The average Bonchev–Trinajstić information content (AvgIpc) is 2.09. The molecule has 0 fully saturated rings. The number of rotatable bonds is 7. The topological polar surface area (TPSA) is 66.4 Å². The Morgan fingerprint density at radius 1 is 1.50 bits per heavy atom. The molecule has 0 aliphatic carbocycles. The van der Waals surface area contributed by atoms with E-state index in [0.29, 0.717) is 5.75 Å². The van der Waals surface area contributed by atoms with Gasteiger partial charge in [0, 0.05) is 12.7 Å². The van der Waals surface area contributed by atoms with Crippen molar-refractivity contribution in [2.24, 2.45) is 0 Å². The number of carbonyl (C=O) groups is 2. The van der Waals surface area contributed by atoms with Gasteiger partial charge in [0.1, 0.15) is 6.04 Å². The Bertz CT molecular complexity index is 196. The third kappa shape index (κ3) is 6.77. The molecule has 0 radical (unpaired) electrons. The van der Waals surface area contributed by atoms with Crippen molar-refractivity contribution in [1.82, 2.24) is 5.32 Å². The molecule has 14 heavy (non-hydrogen) atoms. The minimum atomic E-state index is -0.968. The third-order valence-electron chi connectivity index (χ3n) is 1.60. The van der Waals surface area contributed by atoms with Crippen LogP contribution in [0, 0.1) is 0 Å². The summed E-state index contributed by atoms with van der Waals surface area (Å²) in [5.41, 5.74) is 0. The molecule has 0 saturated heterocycles. The van der Waals surface area contributed by atoms with Crippen LogP contribution in [0.2, 0.25) is 0 Å². The van der Waals surface area contributed by atoms with Crippen LogP contribution in [-0.2, 0) is 9.59 Å². The zero-order valence-electron chi connectivity index (χ0n) is 8.58. The molecule has 0 bridgehead atoms. The lowest BCUT2D eigenvalue weighted by Gasteiger charge is -2.12. The van der Waals surface area contributed by atoms with Gasteiger partial charge in [0.2, 0.25) is 5.91 Å².